The molecular formula is C11H24N4O3S. The molecule has 0 aromatic heterocycles. The van der Waals surface area contributed by atoms with E-state index in [-0.39, 0.29) is 12.4 Å². The fourth-order valence-corrected chi connectivity index (χ4v) is 3.50. The lowest BCUT2D eigenvalue weighted by atomic mass is 9.93. The first-order valence-corrected chi connectivity index (χ1v) is 7.86. The molecule has 1 fully saturated rings. The summed E-state index contributed by atoms with van der Waals surface area (Å²) in [4.78, 5) is 0. The average Bonchev–Trinajstić information content (AvgIpc) is 2.35. The monoisotopic (exact) mass is 292 g/mol. The predicted molar refractivity (Wildman–Crippen MR) is 74.1 cm³/mol. The minimum Gasteiger partial charge on any atom is -0.409 e. The molecule has 7 nitrogen and oxygen atoms in total. The Bertz CT molecular complexity index is 433. The second kappa shape index (κ2) is 6.06. The maximum Gasteiger partial charge on any atom is 0.279 e. The van der Waals surface area contributed by atoms with Gasteiger partial charge in [0.05, 0.1) is 0 Å². The molecule has 1 atom stereocenters. The molecule has 112 valence electrons. The van der Waals surface area contributed by atoms with Gasteiger partial charge in [-0.2, -0.15) is 12.7 Å². The molecule has 1 aliphatic rings. The summed E-state index contributed by atoms with van der Waals surface area (Å²) >= 11 is 0. The number of nitrogens with one attached hydrogen (secondary N) is 1. The van der Waals surface area contributed by atoms with Crippen LogP contribution in [-0.4, -0.2) is 43.4 Å². The van der Waals surface area contributed by atoms with Crippen LogP contribution in [0.25, 0.3) is 0 Å². The SMILES string of the molecule is CC1CCCN(S(=O)(=O)NCC(C)(C)C(N)=NO)C1. The van der Waals surface area contributed by atoms with Crippen LogP contribution in [0.5, 0.6) is 0 Å². The zero-order valence-electron chi connectivity index (χ0n) is 11.8. The van der Waals surface area contributed by atoms with Crippen LogP contribution < -0.4 is 10.5 Å². The lowest BCUT2D eigenvalue weighted by molar-refractivity contribution is 0.276. The Morgan fingerprint density at radius 3 is 2.74 bits per heavy atom. The maximum atomic E-state index is 12.2. The number of nitrogens with zero attached hydrogens (tertiary/aromatic N) is 2. The quantitative estimate of drug-likeness (QED) is 0.293. The number of nitrogens with two attached hydrogens (primary N) is 1. The van der Waals surface area contributed by atoms with Crippen LogP contribution in [0.1, 0.15) is 33.6 Å². The molecule has 0 amide bonds. The van der Waals surface area contributed by atoms with Crippen LogP contribution in [0.3, 0.4) is 0 Å². The summed E-state index contributed by atoms with van der Waals surface area (Å²) in [6, 6.07) is 0. The molecule has 0 aromatic carbocycles. The third-order valence-electron chi connectivity index (χ3n) is 3.46. The van der Waals surface area contributed by atoms with Crippen molar-refractivity contribution in [1.82, 2.24) is 9.03 Å². The molecule has 1 heterocycles. The normalized spacial score (nSPS) is 23.5. The molecule has 19 heavy (non-hydrogen) atoms. The van der Waals surface area contributed by atoms with Crippen LogP contribution >= 0.6 is 0 Å². The highest BCUT2D eigenvalue weighted by Crippen LogP contribution is 2.19. The third-order valence-corrected chi connectivity index (χ3v) is 4.98. The van der Waals surface area contributed by atoms with Crippen molar-refractivity contribution in [3.05, 3.63) is 0 Å². The smallest absolute Gasteiger partial charge is 0.279 e. The third kappa shape index (κ3) is 4.32. The Morgan fingerprint density at radius 1 is 1.58 bits per heavy atom. The van der Waals surface area contributed by atoms with Crippen LogP contribution in [0.4, 0.5) is 0 Å². The van der Waals surface area contributed by atoms with E-state index >= 15 is 0 Å². The molecule has 0 aliphatic carbocycles. The Labute approximate surface area is 115 Å². The van der Waals surface area contributed by atoms with Crippen molar-refractivity contribution in [2.45, 2.75) is 33.6 Å². The van der Waals surface area contributed by atoms with Crippen molar-refractivity contribution in [2.24, 2.45) is 22.2 Å². The Hall–Kier alpha value is -0.860. The summed E-state index contributed by atoms with van der Waals surface area (Å²) in [5.74, 6) is 0.379. The second-order valence-electron chi connectivity index (χ2n) is 5.80. The largest absolute Gasteiger partial charge is 0.409 e. The molecular weight excluding hydrogens is 268 g/mol. The van der Waals surface area contributed by atoms with Gasteiger partial charge in [-0.05, 0) is 18.8 Å². The molecule has 0 saturated carbocycles. The first kappa shape index (κ1) is 16.2. The van der Waals surface area contributed by atoms with Crippen LogP contribution in [0.2, 0.25) is 0 Å². The number of amidine groups is 1. The fraction of sp³-hybridized carbons (Fsp3) is 0.909. The van der Waals surface area contributed by atoms with Gasteiger partial charge in [-0.1, -0.05) is 25.9 Å². The van der Waals surface area contributed by atoms with Crippen molar-refractivity contribution < 1.29 is 13.6 Å². The zero-order chi connectivity index (χ0) is 14.7. The van der Waals surface area contributed by atoms with E-state index in [1.54, 1.807) is 13.8 Å². The summed E-state index contributed by atoms with van der Waals surface area (Å²) < 4.78 is 28.3. The van der Waals surface area contributed by atoms with Gasteiger partial charge in [-0.25, -0.2) is 4.72 Å². The summed E-state index contributed by atoms with van der Waals surface area (Å²) in [5.41, 5.74) is 4.80. The topological polar surface area (TPSA) is 108 Å². The Morgan fingerprint density at radius 2 is 2.21 bits per heavy atom. The highest BCUT2D eigenvalue weighted by atomic mass is 32.2. The van der Waals surface area contributed by atoms with Gasteiger partial charge in [0.15, 0.2) is 0 Å². The van der Waals surface area contributed by atoms with Crippen LogP contribution in [0.15, 0.2) is 5.16 Å². The fourth-order valence-electron chi connectivity index (χ4n) is 1.95. The van der Waals surface area contributed by atoms with Gasteiger partial charge >= 0.3 is 0 Å². The number of hydrogen-bond acceptors (Lipinski definition) is 4. The van der Waals surface area contributed by atoms with Crippen molar-refractivity contribution in [3.8, 4) is 0 Å². The van der Waals surface area contributed by atoms with Gasteiger partial charge in [0.2, 0.25) is 0 Å². The Balaban J connectivity index is 2.65. The zero-order valence-corrected chi connectivity index (χ0v) is 12.6. The molecule has 0 bridgehead atoms. The lowest BCUT2D eigenvalue weighted by Crippen LogP contribution is -2.49. The van der Waals surface area contributed by atoms with Gasteiger partial charge in [-0.15, -0.1) is 0 Å². The number of rotatable bonds is 5. The van der Waals surface area contributed by atoms with Gasteiger partial charge in [0.25, 0.3) is 10.2 Å². The van der Waals surface area contributed by atoms with E-state index in [0.29, 0.717) is 19.0 Å². The number of piperidine rings is 1. The van der Waals surface area contributed by atoms with E-state index < -0.39 is 15.6 Å². The highest BCUT2D eigenvalue weighted by molar-refractivity contribution is 7.87. The summed E-state index contributed by atoms with van der Waals surface area (Å²) in [7, 11) is -3.50. The van der Waals surface area contributed by atoms with Gasteiger partial charge < -0.3 is 10.9 Å². The molecule has 0 spiro atoms. The van der Waals surface area contributed by atoms with Crippen molar-refractivity contribution in [3.63, 3.8) is 0 Å². The van der Waals surface area contributed by atoms with E-state index in [2.05, 4.69) is 9.88 Å². The standard InChI is InChI=1S/C11H24N4O3S/c1-9-5-4-6-15(7-9)19(17,18)13-8-11(2,3)10(12)14-16/h9,13,16H,4-8H2,1-3H3,(H2,12,14). The molecule has 0 aromatic rings. The van der Waals surface area contributed by atoms with Crippen LogP contribution in [-0.2, 0) is 10.2 Å². The highest BCUT2D eigenvalue weighted by Gasteiger charge is 2.30. The summed E-state index contributed by atoms with van der Waals surface area (Å²) in [6.45, 7) is 6.65. The van der Waals surface area contributed by atoms with Gasteiger partial charge in [0, 0.05) is 25.0 Å². The minimum absolute atomic E-state index is 0.00205. The second-order valence-corrected chi connectivity index (χ2v) is 7.56. The van der Waals surface area contributed by atoms with E-state index in [0.717, 1.165) is 12.8 Å². The molecule has 1 saturated heterocycles. The van der Waals surface area contributed by atoms with E-state index in [1.165, 1.54) is 4.31 Å². The number of hydrogen-bond donors (Lipinski definition) is 3. The minimum atomic E-state index is -3.50. The first-order chi connectivity index (χ1) is 8.69. The van der Waals surface area contributed by atoms with Gasteiger partial charge in [-0.3, -0.25) is 0 Å². The number of oxime groups is 1. The van der Waals surface area contributed by atoms with Crippen molar-refractivity contribution >= 4 is 16.0 Å². The molecule has 1 rings (SSSR count). The molecule has 1 aliphatic heterocycles. The summed E-state index contributed by atoms with van der Waals surface area (Å²) in [6.07, 6.45) is 1.94. The predicted octanol–water partition coefficient (Wildman–Crippen LogP) is 0.325. The molecule has 4 N–H and O–H groups in total. The molecule has 1 unspecified atom stereocenters. The van der Waals surface area contributed by atoms with Crippen molar-refractivity contribution in [2.75, 3.05) is 19.6 Å². The molecule has 0 radical (unpaired) electrons. The lowest BCUT2D eigenvalue weighted by Gasteiger charge is -2.31. The average molecular weight is 292 g/mol. The van der Waals surface area contributed by atoms with E-state index in [9.17, 15) is 8.42 Å². The Kier molecular flexibility index (Phi) is 5.17. The van der Waals surface area contributed by atoms with Crippen molar-refractivity contribution in [1.29, 1.82) is 0 Å². The maximum absolute atomic E-state index is 12.2. The van der Waals surface area contributed by atoms with E-state index in [1.807, 2.05) is 6.92 Å². The first-order valence-electron chi connectivity index (χ1n) is 6.42. The molecule has 8 heteroatoms. The van der Waals surface area contributed by atoms with E-state index in [4.69, 9.17) is 10.9 Å². The summed E-state index contributed by atoms with van der Waals surface area (Å²) in [5, 5.41) is 11.6. The van der Waals surface area contributed by atoms with Crippen LogP contribution in [0, 0.1) is 11.3 Å². The van der Waals surface area contributed by atoms with Gasteiger partial charge in [0.1, 0.15) is 5.84 Å².